The Hall–Kier alpha value is -2.64. The van der Waals surface area contributed by atoms with Crippen molar-refractivity contribution in [2.45, 2.75) is 6.92 Å². The highest BCUT2D eigenvalue weighted by Gasteiger charge is 2.14. The molecule has 1 amide bonds. The van der Waals surface area contributed by atoms with E-state index in [9.17, 15) is 9.59 Å². The third-order valence-electron chi connectivity index (χ3n) is 3.66. The molecule has 0 unspecified atom stereocenters. The minimum Gasteiger partial charge on any atom is -0.495 e. The van der Waals surface area contributed by atoms with Crippen LogP contribution in [0.5, 0.6) is 5.75 Å². The van der Waals surface area contributed by atoms with Gasteiger partial charge in [0.05, 0.1) is 34.1 Å². The number of ether oxygens (including phenoxy) is 2. The summed E-state index contributed by atoms with van der Waals surface area (Å²) < 4.78 is 11.2. The summed E-state index contributed by atoms with van der Waals surface area (Å²) in [6, 6.07) is 8.36. The zero-order valence-electron chi connectivity index (χ0n) is 14.0. The second-order valence-electron chi connectivity index (χ2n) is 5.46. The van der Waals surface area contributed by atoms with Crippen LogP contribution in [0.3, 0.4) is 0 Å². The number of carbonyl (C=O) groups excluding carboxylic acids is 2. The van der Waals surface area contributed by atoms with Gasteiger partial charge in [-0.1, -0.05) is 11.6 Å². The number of rotatable bonds is 5. The number of fused-ring (bicyclic) bond motifs is 1. The van der Waals surface area contributed by atoms with Crippen molar-refractivity contribution in [2.75, 3.05) is 19.0 Å². The van der Waals surface area contributed by atoms with Gasteiger partial charge in [-0.25, -0.2) is 9.78 Å². The lowest BCUT2D eigenvalue weighted by Crippen LogP contribution is -2.21. The van der Waals surface area contributed by atoms with E-state index >= 15 is 0 Å². The second-order valence-corrected chi connectivity index (χ2v) is 6.75. The van der Waals surface area contributed by atoms with Crippen molar-refractivity contribution < 1.29 is 19.1 Å². The normalized spacial score (nSPS) is 10.6. The molecule has 134 valence electrons. The number of aryl methyl sites for hydroxylation is 1. The second kappa shape index (κ2) is 7.72. The van der Waals surface area contributed by atoms with Crippen molar-refractivity contribution in [2.24, 2.45) is 0 Å². The maximum atomic E-state index is 12.1. The summed E-state index contributed by atoms with van der Waals surface area (Å²) in [6.07, 6.45) is 0. The number of esters is 1. The van der Waals surface area contributed by atoms with Gasteiger partial charge in [0, 0.05) is 11.1 Å². The van der Waals surface area contributed by atoms with E-state index in [0.717, 1.165) is 15.8 Å². The number of benzene rings is 2. The Bertz CT molecular complexity index is 986. The summed E-state index contributed by atoms with van der Waals surface area (Å²) in [6.45, 7) is 1.40. The quantitative estimate of drug-likeness (QED) is 0.664. The molecule has 1 heterocycles. The first kappa shape index (κ1) is 18.2. The summed E-state index contributed by atoms with van der Waals surface area (Å²) in [5, 5.41) is 3.19. The Morgan fingerprint density at radius 2 is 2.08 bits per heavy atom. The Labute approximate surface area is 158 Å². The van der Waals surface area contributed by atoms with Gasteiger partial charge in [0.2, 0.25) is 0 Å². The fourth-order valence-electron chi connectivity index (χ4n) is 2.31. The third kappa shape index (κ3) is 3.95. The van der Waals surface area contributed by atoms with Crippen LogP contribution in [0, 0.1) is 6.92 Å². The topological polar surface area (TPSA) is 77.5 Å². The predicted octanol–water partition coefficient (Wildman–Crippen LogP) is 4.06. The van der Waals surface area contributed by atoms with E-state index < -0.39 is 18.5 Å². The first-order chi connectivity index (χ1) is 12.5. The van der Waals surface area contributed by atoms with E-state index in [-0.39, 0.29) is 0 Å². The number of amides is 1. The van der Waals surface area contributed by atoms with Crippen LogP contribution in [0.1, 0.15) is 15.9 Å². The summed E-state index contributed by atoms with van der Waals surface area (Å²) in [7, 11) is 1.48. The largest absolute Gasteiger partial charge is 0.495 e. The van der Waals surface area contributed by atoms with Gasteiger partial charge in [-0.05, 0) is 36.8 Å². The zero-order valence-corrected chi connectivity index (χ0v) is 15.6. The van der Waals surface area contributed by atoms with Gasteiger partial charge in [-0.15, -0.1) is 11.3 Å². The Morgan fingerprint density at radius 3 is 2.85 bits per heavy atom. The number of thiazole rings is 1. The van der Waals surface area contributed by atoms with Crippen LogP contribution < -0.4 is 10.1 Å². The molecule has 0 bridgehead atoms. The average Bonchev–Trinajstić information content (AvgIpc) is 3.10. The van der Waals surface area contributed by atoms with Gasteiger partial charge in [0.1, 0.15) is 5.75 Å². The van der Waals surface area contributed by atoms with Gasteiger partial charge >= 0.3 is 5.97 Å². The van der Waals surface area contributed by atoms with Crippen molar-refractivity contribution in [3.63, 3.8) is 0 Å². The maximum absolute atomic E-state index is 12.1. The number of nitrogens with zero attached hydrogens (tertiary/aromatic N) is 1. The fraction of sp³-hybridized carbons (Fsp3) is 0.167. The summed E-state index contributed by atoms with van der Waals surface area (Å²) in [5.41, 5.74) is 4.14. The molecule has 0 spiro atoms. The molecule has 8 heteroatoms. The van der Waals surface area contributed by atoms with E-state index in [4.69, 9.17) is 21.1 Å². The molecule has 0 saturated carbocycles. The Balaban J connectivity index is 1.63. The molecule has 1 aromatic heterocycles. The number of hydrogen-bond donors (Lipinski definition) is 1. The summed E-state index contributed by atoms with van der Waals surface area (Å²) in [4.78, 5) is 28.4. The molecule has 1 N–H and O–H groups in total. The van der Waals surface area contributed by atoms with Crippen LogP contribution in [0.25, 0.3) is 10.2 Å². The Kier molecular flexibility index (Phi) is 5.39. The van der Waals surface area contributed by atoms with Gasteiger partial charge in [-0.2, -0.15) is 0 Å². The molecule has 0 atom stereocenters. The number of carbonyl (C=O) groups is 2. The minimum absolute atomic E-state index is 0.370. The summed E-state index contributed by atoms with van der Waals surface area (Å²) in [5.74, 6) is -0.622. The number of halogens is 1. The first-order valence-electron chi connectivity index (χ1n) is 7.62. The predicted molar refractivity (Wildman–Crippen MR) is 101 cm³/mol. The number of hydrogen-bond acceptors (Lipinski definition) is 6. The number of anilines is 1. The number of aromatic nitrogens is 1. The van der Waals surface area contributed by atoms with E-state index in [1.54, 1.807) is 35.8 Å². The Morgan fingerprint density at radius 1 is 1.27 bits per heavy atom. The lowest BCUT2D eigenvalue weighted by molar-refractivity contribution is -0.119. The van der Waals surface area contributed by atoms with Crippen molar-refractivity contribution in [1.82, 2.24) is 4.98 Å². The molecule has 0 fully saturated rings. The smallest absolute Gasteiger partial charge is 0.338 e. The van der Waals surface area contributed by atoms with Crippen molar-refractivity contribution >= 4 is 50.7 Å². The van der Waals surface area contributed by atoms with E-state index in [2.05, 4.69) is 10.3 Å². The highest BCUT2D eigenvalue weighted by atomic mass is 35.5. The van der Waals surface area contributed by atoms with Crippen LogP contribution in [0.15, 0.2) is 35.8 Å². The van der Waals surface area contributed by atoms with E-state index in [0.29, 0.717) is 22.0 Å². The molecular weight excluding hydrogens is 376 g/mol. The minimum atomic E-state index is -0.574. The molecule has 6 nitrogen and oxygen atoms in total. The lowest BCUT2D eigenvalue weighted by atomic mass is 10.2. The zero-order chi connectivity index (χ0) is 18.7. The van der Waals surface area contributed by atoms with Gasteiger partial charge in [0.25, 0.3) is 5.91 Å². The SMILES string of the molecule is COc1cc(Cl)c(C)cc1NC(=O)COC(=O)c1ccc2ncsc2c1. The summed E-state index contributed by atoms with van der Waals surface area (Å²) >= 11 is 7.47. The van der Waals surface area contributed by atoms with Crippen LogP contribution >= 0.6 is 22.9 Å². The van der Waals surface area contributed by atoms with Crippen molar-refractivity contribution in [3.05, 3.63) is 52.0 Å². The van der Waals surface area contributed by atoms with Crippen LogP contribution in [-0.4, -0.2) is 30.6 Å². The fourth-order valence-corrected chi connectivity index (χ4v) is 3.18. The molecule has 0 radical (unpaired) electrons. The molecule has 0 aliphatic carbocycles. The lowest BCUT2D eigenvalue weighted by Gasteiger charge is -2.12. The molecule has 0 aliphatic heterocycles. The molecular formula is C18H15ClN2O4S. The molecule has 26 heavy (non-hydrogen) atoms. The van der Waals surface area contributed by atoms with Crippen molar-refractivity contribution in [1.29, 1.82) is 0 Å². The molecule has 0 saturated heterocycles. The maximum Gasteiger partial charge on any atom is 0.338 e. The monoisotopic (exact) mass is 390 g/mol. The standard InChI is InChI=1S/C18H15ClN2O4S/c1-10-5-14(15(24-2)7-12(10)19)21-17(22)8-25-18(23)11-3-4-13-16(6-11)26-9-20-13/h3-7,9H,8H2,1-2H3,(H,21,22). The third-order valence-corrected chi connectivity index (χ3v) is 4.86. The molecule has 3 aromatic rings. The van der Waals surface area contributed by atoms with E-state index in [1.807, 2.05) is 6.92 Å². The van der Waals surface area contributed by atoms with Gasteiger partial charge in [-0.3, -0.25) is 4.79 Å². The van der Waals surface area contributed by atoms with E-state index in [1.165, 1.54) is 18.4 Å². The molecule has 3 rings (SSSR count). The molecule has 2 aromatic carbocycles. The highest BCUT2D eigenvalue weighted by molar-refractivity contribution is 7.16. The average molecular weight is 391 g/mol. The molecule has 0 aliphatic rings. The van der Waals surface area contributed by atoms with Crippen LogP contribution in [0.4, 0.5) is 5.69 Å². The number of nitrogens with one attached hydrogen (secondary N) is 1. The van der Waals surface area contributed by atoms with Gasteiger partial charge in [0.15, 0.2) is 6.61 Å². The van der Waals surface area contributed by atoms with Crippen molar-refractivity contribution in [3.8, 4) is 5.75 Å². The van der Waals surface area contributed by atoms with Gasteiger partial charge < -0.3 is 14.8 Å². The van der Waals surface area contributed by atoms with Crippen LogP contribution in [-0.2, 0) is 9.53 Å². The highest BCUT2D eigenvalue weighted by Crippen LogP contribution is 2.30. The first-order valence-corrected chi connectivity index (χ1v) is 8.88. The van der Waals surface area contributed by atoms with Crippen LogP contribution in [0.2, 0.25) is 5.02 Å². The number of methoxy groups -OCH3 is 1.